The Morgan fingerprint density at radius 1 is 1.38 bits per heavy atom. The first kappa shape index (κ1) is 13.0. The van der Waals surface area contributed by atoms with E-state index in [1.165, 1.54) is 12.0 Å². The van der Waals surface area contributed by atoms with Crippen molar-refractivity contribution in [3.8, 4) is 5.75 Å². The van der Waals surface area contributed by atoms with Crippen LogP contribution in [-0.2, 0) is 0 Å². The Labute approximate surface area is 99.0 Å². The number of hydrogen-bond donors (Lipinski definition) is 1. The van der Waals surface area contributed by atoms with E-state index >= 15 is 0 Å². The highest BCUT2D eigenvalue weighted by Crippen LogP contribution is 2.13. The van der Waals surface area contributed by atoms with Crippen molar-refractivity contribution in [2.75, 3.05) is 19.7 Å². The zero-order valence-electron chi connectivity index (χ0n) is 10.6. The van der Waals surface area contributed by atoms with Crippen molar-refractivity contribution in [1.82, 2.24) is 5.32 Å². The molecule has 2 nitrogen and oxygen atoms in total. The van der Waals surface area contributed by atoms with E-state index in [1.807, 2.05) is 12.1 Å². The minimum atomic E-state index is 0.548. The summed E-state index contributed by atoms with van der Waals surface area (Å²) in [5.41, 5.74) is 1.24. The van der Waals surface area contributed by atoms with Crippen molar-refractivity contribution in [2.24, 2.45) is 5.92 Å². The fourth-order valence-electron chi connectivity index (χ4n) is 1.53. The third-order valence-electron chi connectivity index (χ3n) is 2.44. The molecular weight excluding hydrogens is 198 g/mol. The van der Waals surface area contributed by atoms with Gasteiger partial charge in [-0.2, -0.15) is 0 Å². The molecule has 0 spiro atoms. The van der Waals surface area contributed by atoms with Crippen LogP contribution < -0.4 is 10.1 Å². The summed E-state index contributed by atoms with van der Waals surface area (Å²) in [6.07, 6.45) is 1.19. The molecule has 0 aliphatic carbocycles. The standard InChI is InChI=1S/C14H23NO/c1-4-8-15-10-13(3)11-16-14-7-5-6-12(2)9-14/h5-7,9,13,15H,4,8,10-11H2,1-3H3. The van der Waals surface area contributed by atoms with Crippen LogP contribution in [0, 0.1) is 12.8 Å². The lowest BCUT2D eigenvalue weighted by molar-refractivity contribution is 0.256. The predicted octanol–water partition coefficient (Wildman–Crippen LogP) is 3.01. The molecule has 0 bridgehead atoms. The number of hydrogen-bond acceptors (Lipinski definition) is 2. The lowest BCUT2D eigenvalue weighted by Crippen LogP contribution is -2.25. The Hall–Kier alpha value is -1.02. The molecule has 0 aliphatic rings. The first-order chi connectivity index (χ1) is 7.72. The summed E-state index contributed by atoms with van der Waals surface area (Å²) in [5.74, 6) is 1.52. The zero-order valence-corrected chi connectivity index (χ0v) is 10.6. The molecule has 0 aliphatic heterocycles. The van der Waals surface area contributed by atoms with E-state index in [0.29, 0.717) is 5.92 Å². The first-order valence-electron chi connectivity index (χ1n) is 6.12. The van der Waals surface area contributed by atoms with Gasteiger partial charge in [-0.05, 0) is 37.6 Å². The minimum Gasteiger partial charge on any atom is -0.493 e. The highest BCUT2D eigenvalue weighted by atomic mass is 16.5. The molecule has 2 heteroatoms. The van der Waals surface area contributed by atoms with E-state index in [0.717, 1.165) is 25.4 Å². The summed E-state index contributed by atoms with van der Waals surface area (Å²) >= 11 is 0. The summed E-state index contributed by atoms with van der Waals surface area (Å²) in [5, 5.41) is 3.40. The van der Waals surface area contributed by atoms with Gasteiger partial charge in [0.05, 0.1) is 6.61 Å². The molecule has 0 heterocycles. The van der Waals surface area contributed by atoms with Crippen LogP contribution in [0.4, 0.5) is 0 Å². The summed E-state index contributed by atoms with van der Waals surface area (Å²) < 4.78 is 5.74. The number of aryl methyl sites for hydroxylation is 1. The second kappa shape index (κ2) is 7.29. The molecule has 1 rings (SSSR count). The molecule has 0 aromatic heterocycles. The third-order valence-corrected chi connectivity index (χ3v) is 2.44. The minimum absolute atomic E-state index is 0.548. The van der Waals surface area contributed by atoms with E-state index in [9.17, 15) is 0 Å². The molecular formula is C14H23NO. The highest BCUT2D eigenvalue weighted by molar-refractivity contribution is 5.27. The number of benzene rings is 1. The van der Waals surface area contributed by atoms with E-state index in [-0.39, 0.29) is 0 Å². The molecule has 1 atom stereocenters. The summed E-state index contributed by atoms with van der Waals surface area (Å²) in [6, 6.07) is 8.20. The van der Waals surface area contributed by atoms with Gasteiger partial charge in [0, 0.05) is 12.5 Å². The van der Waals surface area contributed by atoms with E-state index in [2.05, 4.69) is 38.2 Å². The van der Waals surface area contributed by atoms with Gasteiger partial charge in [-0.25, -0.2) is 0 Å². The van der Waals surface area contributed by atoms with Gasteiger partial charge in [-0.15, -0.1) is 0 Å². The maximum atomic E-state index is 5.74. The molecule has 1 unspecified atom stereocenters. The molecule has 16 heavy (non-hydrogen) atoms. The quantitative estimate of drug-likeness (QED) is 0.715. The maximum Gasteiger partial charge on any atom is 0.119 e. The van der Waals surface area contributed by atoms with Crippen molar-refractivity contribution in [3.05, 3.63) is 29.8 Å². The first-order valence-corrected chi connectivity index (χ1v) is 6.12. The van der Waals surface area contributed by atoms with Gasteiger partial charge >= 0.3 is 0 Å². The van der Waals surface area contributed by atoms with E-state index in [4.69, 9.17) is 4.74 Å². The maximum absolute atomic E-state index is 5.74. The zero-order chi connectivity index (χ0) is 11.8. The average molecular weight is 221 g/mol. The van der Waals surface area contributed by atoms with Crippen LogP contribution in [0.15, 0.2) is 24.3 Å². The molecule has 90 valence electrons. The largest absolute Gasteiger partial charge is 0.493 e. The van der Waals surface area contributed by atoms with Gasteiger partial charge in [-0.1, -0.05) is 26.0 Å². The monoisotopic (exact) mass is 221 g/mol. The van der Waals surface area contributed by atoms with Crippen LogP contribution in [0.25, 0.3) is 0 Å². The molecule has 0 radical (unpaired) electrons. The molecule has 1 aromatic rings. The number of rotatable bonds is 7. The van der Waals surface area contributed by atoms with Crippen molar-refractivity contribution in [2.45, 2.75) is 27.2 Å². The SMILES string of the molecule is CCCNCC(C)COc1cccc(C)c1. The lowest BCUT2D eigenvalue weighted by Gasteiger charge is -2.13. The Balaban J connectivity index is 2.23. The van der Waals surface area contributed by atoms with Gasteiger partial charge < -0.3 is 10.1 Å². The fourth-order valence-corrected chi connectivity index (χ4v) is 1.53. The topological polar surface area (TPSA) is 21.3 Å². The van der Waals surface area contributed by atoms with Gasteiger partial charge in [0.1, 0.15) is 5.75 Å². The van der Waals surface area contributed by atoms with E-state index < -0.39 is 0 Å². The molecule has 0 saturated heterocycles. The summed E-state index contributed by atoms with van der Waals surface area (Å²) in [6.45, 7) is 9.37. The Morgan fingerprint density at radius 2 is 2.19 bits per heavy atom. The second-order valence-electron chi connectivity index (χ2n) is 4.44. The molecule has 1 N–H and O–H groups in total. The van der Waals surface area contributed by atoms with E-state index in [1.54, 1.807) is 0 Å². The molecule has 1 aromatic carbocycles. The van der Waals surface area contributed by atoms with Crippen LogP contribution in [0.2, 0.25) is 0 Å². The molecule has 0 amide bonds. The van der Waals surface area contributed by atoms with Crippen LogP contribution in [0.3, 0.4) is 0 Å². The number of ether oxygens (including phenoxy) is 1. The smallest absolute Gasteiger partial charge is 0.119 e. The summed E-state index contributed by atoms with van der Waals surface area (Å²) in [4.78, 5) is 0. The van der Waals surface area contributed by atoms with Gasteiger partial charge in [0.2, 0.25) is 0 Å². The Morgan fingerprint density at radius 3 is 2.88 bits per heavy atom. The lowest BCUT2D eigenvalue weighted by atomic mass is 10.2. The van der Waals surface area contributed by atoms with Crippen molar-refractivity contribution in [3.63, 3.8) is 0 Å². The van der Waals surface area contributed by atoms with Crippen LogP contribution >= 0.6 is 0 Å². The van der Waals surface area contributed by atoms with Crippen molar-refractivity contribution in [1.29, 1.82) is 0 Å². The summed E-state index contributed by atoms with van der Waals surface area (Å²) in [7, 11) is 0. The van der Waals surface area contributed by atoms with Gasteiger partial charge in [0.25, 0.3) is 0 Å². The van der Waals surface area contributed by atoms with Gasteiger partial charge in [0.15, 0.2) is 0 Å². The number of nitrogens with one attached hydrogen (secondary N) is 1. The fraction of sp³-hybridized carbons (Fsp3) is 0.571. The Kier molecular flexibility index (Phi) is 5.94. The van der Waals surface area contributed by atoms with Crippen molar-refractivity contribution >= 4 is 0 Å². The van der Waals surface area contributed by atoms with Crippen molar-refractivity contribution < 1.29 is 4.74 Å². The second-order valence-corrected chi connectivity index (χ2v) is 4.44. The van der Waals surface area contributed by atoms with Gasteiger partial charge in [-0.3, -0.25) is 0 Å². The normalized spacial score (nSPS) is 12.4. The van der Waals surface area contributed by atoms with Crippen LogP contribution in [0.5, 0.6) is 5.75 Å². The van der Waals surface area contributed by atoms with Crippen LogP contribution in [-0.4, -0.2) is 19.7 Å². The predicted molar refractivity (Wildman–Crippen MR) is 69.0 cm³/mol. The molecule has 0 saturated carbocycles. The highest BCUT2D eigenvalue weighted by Gasteiger charge is 2.02. The van der Waals surface area contributed by atoms with Crippen LogP contribution in [0.1, 0.15) is 25.8 Å². The molecule has 0 fully saturated rings. The third kappa shape index (κ3) is 5.17. The Bertz CT molecular complexity index is 299. The average Bonchev–Trinajstić information content (AvgIpc) is 2.27.